The van der Waals surface area contributed by atoms with Gasteiger partial charge < -0.3 is 15.2 Å². The van der Waals surface area contributed by atoms with Crippen LogP contribution in [0.1, 0.15) is 18.5 Å². The van der Waals surface area contributed by atoms with E-state index in [1.165, 1.54) is 19.2 Å². The summed E-state index contributed by atoms with van der Waals surface area (Å²) in [6.07, 6.45) is -4.27. The van der Waals surface area contributed by atoms with E-state index in [1.54, 1.807) is 13.0 Å². The number of rotatable bonds is 4. The lowest BCUT2D eigenvalue weighted by Gasteiger charge is -2.17. The zero-order chi connectivity index (χ0) is 13.1. The number of alkyl halides is 3. The molecule has 1 aromatic carbocycles. The van der Waals surface area contributed by atoms with Crippen molar-refractivity contribution in [2.45, 2.75) is 19.1 Å². The molecule has 0 amide bonds. The number of hydrogen-bond acceptors (Lipinski definition) is 3. The number of phenolic OH excluding ortho intramolecular Hbond substituents is 1. The third kappa shape index (κ3) is 4.14. The van der Waals surface area contributed by atoms with E-state index in [0.29, 0.717) is 11.3 Å². The van der Waals surface area contributed by atoms with E-state index in [2.05, 4.69) is 5.32 Å². The lowest BCUT2D eigenvalue weighted by Crippen LogP contribution is -2.30. The molecule has 0 fully saturated rings. The van der Waals surface area contributed by atoms with E-state index >= 15 is 0 Å². The van der Waals surface area contributed by atoms with Gasteiger partial charge in [0.25, 0.3) is 0 Å². The number of aromatic hydroxyl groups is 1. The van der Waals surface area contributed by atoms with Crippen LogP contribution in [0.5, 0.6) is 11.5 Å². The first-order valence-corrected chi connectivity index (χ1v) is 5.00. The molecule has 0 saturated heterocycles. The van der Waals surface area contributed by atoms with Crippen LogP contribution in [0.3, 0.4) is 0 Å². The van der Waals surface area contributed by atoms with Crippen LogP contribution in [-0.4, -0.2) is 24.9 Å². The van der Waals surface area contributed by atoms with Gasteiger partial charge >= 0.3 is 6.18 Å². The quantitative estimate of drug-likeness (QED) is 0.861. The first-order valence-electron chi connectivity index (χ1n) is 5.00. The predicted molar refractivity (Wildman–Crippen MR) is 57.1 cm³/mol. The molecule has 0 radical (unpaired) electrons. The Morgan fingerprint density at radius 1 is 1.41 bits per heavy atom. The molecule has 2 N–H and O–H groups in total. The Morgan fingerprint density at radius 2 is 2.06 bits per heavy atom. The van der Waals surface area contributed by atoms with Gasteiger partial charge in [-0.2, -0.15) is 13.2 Å². The van der Waals surface area contributed by atoms with E-state index in [4.69, 9.17) is 4.74 Å². The van der Waals surface area contributed by atoms with Crippen molar-refractivity contribution >= 4 is 0 Å². The molecule has 3 nitrogen and oxygen atoms in total. The number of hydrogen-bond donors (Lipinski definition) is 2. The van der Waals surface area contributed by atoms with Crippen LogP contribution < -0.4 is 10.1 Å². The van der Waals surface area contributed by atoms with Crippen LogP contribution in [-0.2, 0) is 0 Å². The summed E-state index contributed by atoms with van der Waals surface area (Å²) in [5.74, 6) is 0.362. The molecule has 1 rings (SSSR count). The molecule has 0 aromatic heterocycles. The van der Waals surface area contributed by atoms with Crippen molar-refractivity contribution in [1.29, 1.82) is 0 Å². The van der Waals surface area contributed by atoms with Crippen LogP contribution >= 0.6 is 0 Å². The second-order valence-electron chi connectivity index (χ2n) is 3.64. The van der Waals surface area contributed by atoms with Crippen LogP contribution in [0.4, 0.5) is 13.2 Å². The van der Waals surface area contributed by atoms with Crippen molar-refractivity contribution in [3.63, 3.8) is 0 Å². The molecular formula is C11H14F3NO2. The molecule has 6 heteroatoms. The van der Waals surface area contributed by atoms with Crippen LogP contribution in [0.2, 0.25) is 0 Å². The Hall–Kier alpha value is -1.43. The van der Waals surface area contributed by atoms with Gasteiger partial charge in [-0.25, -0.2) is 0 Å². The zero-order valence-electron chi connectivity index (χ0n) is 9.51. The van der Waals surface area contributed by atoms with E-state index in [0.717, 1.165) is 0 Å². The summed E-state index contributed by atoms with van der Waals surface area (Å²) >= 11 is 0. The molecule has 0 aliphatic carbocycles. The first kappa shape index (κ1) is 13.6. The third-order valence-electron chi connectivity index (χ3n) is 2.31. The Labute approximate surface area is 97.2 Å². The van der Waals surface area contributed by atoms with Crippen molar-refractivity contribution in [3.05, 3.63) is 23.8 Å². The maximum Gasteiger partial charge on any atom is 0.401 e. The number of ether oxygens (including phenoxy) is 1. The zero-order valence-corrected chi connectivity index (χ0v) is 9.51. The Morgan fingerprint density at radius 3 is 2.53 bits per heavy atom. The Kier molecular flexibility index (Phi) is 4.22. The van der Waals surface area contributed by atoms with Gasteiger partial charge in [0.1, 0.15) is 11.5 Å². The van der Waals surface area contributed by atoms with E-state index < -0.39 is 18.8 Å². The molecule has 0 saturated carbocycles. The van der Waals surface area contributed by atoms with Gasteiger partial charge in [-0.1, -0.05) is 6.07 Å². The standard InChI is InChI=1S/C11H14F3NO2/c1-7(15-6-11(12,13)14)9-4-3-8(17-2)5-10(9)16/h3-5,7,15-16H,6H2,1-2H3. The lowest BCUT2D eigenvalue weighted by atomic mass is 10.1. The SMILES string of the molecule is COc1ccc(C(C)NCC(F)(F)F)c(O)c1. The van der Waals surface area contributed by atoms with Crippen molar-refractivity contribution in [3.8, 4) is 11.5 Å². The first-order chi connectivity index (χ1) is 7.83. The molecular weight excluding hydrogens is 235 g/mol. The van der Waals surface area contributed by atoms with Gasteiger partial charge in [-0.05, 0) is 13.0 Å². The minimum absolute atomic E-state index is 0.0912. The second kappa shape index (κ2) is 5.27. The average molecular weight is 249 g/mol. The van der Waals surface area contributed by atoms with E-state index in [9.17, 15) is 18.3 Å². The fourth-order valence-electron chi connectivity index (χ4n) is 1.40. The molecule has 17 heavy (non-hydrogen) atoms. The lowest BCUT2D eigenvalue weighted by molar-refractivity contribution is -0.126. The summed E-state index contributed by atoms with van der Waals surface area (Å²) < 4.78 is 40.9. The van der Waals surface area contributed by atoms with Gasteiger partial charge in [0, 0.05) is 17.7 Å². The summed E-state index contributed by atoms with van der Waals surface area (Å²) in [6.45, 7) is 0.451. The number of halogens is 3. The molecule has 0 spiro atoms. The molecule has 1 atom stereocenters. The minimum atomic E-state index is -4.27. The summed E-state index contributed by atoms with van der Waals surface area (Å²) in [4.78, 5) is 0. The maximum absolute atomic E-state index is 12.0. The number of benzene rings is 1. The smallest absolute Gasteiger partial charge is 0.401 e. The monoisotopic (exact) mass is 249 g/mol. The normalized spacial score (nSPS) is 13.5. The van der Waals surface area contributed by atoms with Crippen molar-refractivity contribution in [2.24, 2.45) is 0 Å². The van der Waals surface area contributed by atoms with Gasteiger partial charge in [-0.3, -0.25) is 0 Å². The molecule has 0 aliphatic rings. The largest absolute Gasteiger partial charge is 0.507 e. The highest BCUT2D eigenvalue weighted by atomic mass is 19.4. The van der Waals surface area contributed by atoms with E-state index in [1.807, 2.05) is 0 Å². The molecule has 96 valence electrons. The van der Waals surface area contributed by atoms with Gasteiger partial charge in [-0.15, -0.1) is 0 Å². The molecule has 0 aliphatic heterocycles. The Balaban J connectivity index is 2.72. The highest BCUT2D eigenvalue weighted by molar-refractivity contribution is 5.41. The summed E-state index contributed by atoms with van der Waals surface area (Å²) in [6, 6.07) is 3.88. The molecule has 0 bridgehead atoms. The summed E-state index contributed by atoms with van der Waals surface area (Å²) in [7, 11) is 1.44. The Bertz CT molecular complexity index is 379. The highest BCUT2D eigenvalue weighted by Crippen LogP contribution is 2.28. The summed E-state index contributed by atoms with van der Waals surface area (Å²) in [5.41, 5.74) is 0.398. The second-order valence-corrected chi connectivity index (χ2v) is 3.64. The van der Waals surface area contributed by atoms with E-state index in [-0.39, 0.29) is 5.75 Å². The topological polar surface area (TPSA) is 41.5 Å². The van der Waals surface area contributed by atoms with Crippen molar-refractivity contribution in [2.75, 3.05) is 13.7 Å². The van der Waals surface area contributed by atoms with Crippen molar-refractivity contribution < 1.29 is 23.0 Å². The fraction of sp³-hybridized carbons (Fsp3) is 0.455. The summed E-state index contributed by atoms with van der Waals surface area (Å²) in [5, 5.41) is 11.9. The van der Waals surface area contributed by atoms with Gasteiger partial charge in [0.2, 0.25) is 0 Å². The minimum Gasteiger partial charge on any atom is -0.507 e. The number of methoxy groups -OCH3 is 1. The van der Waals surface area contributed by atoms with Crippen LogP contribution in [0.25, 0.3) is 0 Å². The van der Waals surface area contributed by atoms with Gasteiger partial charge in [0.15, 0.2) is 0 Å². The fourth-order valence-corrected chi connectivity index (χ4v) is 1.40. The van der Waals surface area contributed by atoms with Crippen LogP contribution in [0, 0.1) is 0 Å². The van der Waals surface area contributed by atoms with Crippen molar-refractivity contribution in [1.82, 2.24) is 5.32 Å². The molecule has 0 heterocycles. The molecule has 1 aromatic rings. The molecule has 1 unspecified atom stereocenters. The van der Waals surface area contributed by atoms with Crippen LogP contribution in [0.15, 0.2) is 18.2 Å². The predicted octanol–water partition coefficient (Wildman–Crippen LogP) is 2.61. The highest BCUT2D eigenvalue weighted by Gasteiger charge is 2.27. The third-order valence-corrected chi connectivity index (χ3v) is 2.31. The number of phenols is 1. The average Bonchev–Trinajstić information content (AvgIpc) is 2.24. The maximum atomic E-state index is 12.0. The van der Waals surface area contributed by atoms with Gasteiger partial charge in [0.05, 0.1) is 13.7 Å². The number of nitrogens with one attached hydrogen (secondary N) is 1.